The third-order valence-electron chi connectivity index (χ3n) is 6.54. The largest absolute Gasteiger partial charge is 0.497 e. The van der Waals surface area contributed by atoms with E-state index in [1.165, 1.54) is 11.6 Å². The van der Waals surface area contributed by atoms with Crippen LogP contribution in [0.3, 0.4) is 0 Å². The van der Waals surface area contributed by atoms with Crippen molar-refractivity contribution in [2.75, 3.05) is 51.9 Å². The number of anilines is 1. The van der Waals surface area contributed by atoms with Crippen molar-refractivity contribution in [1.29, 1.82) is 0 Å². The Hall–Kier alpha value is -2.87. The lowest BCUT2D eigenvalue weighted by molar-refractivity contribution is 0.0513. The summed E-state index contributed by atoms with van der Waals surface area (Å²) in [6, 6.07) is 11.6. The van der Waals surface area contributed by atoms with E-state index in [2.05, 4.69) is 32.7 Å². The number of methoxy groups -OCH3 is 1. The number of nitrogens with zero attached hydrogens (tertiary/aromatic N) is 3. The van der Waals surface area contributed by atoms with Gasteiger partial charge in [-0.3, -0.25) is 4.99 Å². The SMILES string of the molecule is CN=C(NCC1(c2ccc(OC)cc2)CCOCC1)NC1CCN(c2ncccc2F)C1. The number of ether oxygens (including phenoxy) is 2. The van der Waals surface area contributed by atoms with Gasteiger partial charge >= 0.3 is 0 Å². The second-order valence-electron chi connectivity index (χ2n) is 8.43. The van der Waals surface area contributed by atoms with Crippen molar-refractivity contribution in [3.63, 3.8) is 0 Å². The number of aromatic nitrogens is 1. The van der Waals surface area contributed by atoms with E-state index in [1.807, 2.05) is 17.0 Å². The molecule has 2 aliphatic rings. The molecule has 4 rings (SSSR count). The number of nitrogens with one attached hydrogen (secondary N) is 2. The minimum atomic E-state index is -0.281. The molecule has 0 radical (unpaired) electrons. The molecule has 2 aromatic rings. The fourth-order valence-electron chi connectivity index (χ4n) is 4.60. The summed E-state index contributed by atoms with van der Waals surface area (Å²) >= 11 is 0. The second-order valence-corrected chi connectivity index (χ2v) is 8.43. The second kappa shape index (κ2) is 10.2. The van der Waals surface area contributed by atoms with Crippen LogP contribution in [0, 0.1) is 5.82 Å². The van der Waals surface area contributed by atoms with Crippen LogP contribution < -0.4 is 20.3 Å². The van der Waals surface area contributed by atoms with E-state index < -0.39 is 0 Å². The number of hydrogen-bond donors (Lipinski definition) is 2. The molecule has 1 aromatic heterocycles. The van der Waals surface area contributed by atoms with Gasteiger partial charge in [0, 0.05) is 57.5 Å². The zero-order valence-electron chi connectivity index (χ0n) is 18.8. The Morgan fingerprint density at radius 2 is 2.06 bits per heavy atom. The van der Waals surface area contributed by atoms with Crippen molar-refractivity contribution in [2.24, 2.45) is 4.99 Å². The molecular weight excluding hydrogens is 409 g/mol. The average molecular weight is 442 g/mol. The smallest absolute Gasteiger partial charge is 0.191 e. The first-order valence-electron chi connectivity index (χ1n) is 11.2. The summed E-state index contributed by atoms with van der Waals surface area (Å²) in [5, 5.41) is 7.05. The third kappa shape index (κ3) is 4.96. The lowest BCUT2D eigenvalue weighted by atomic mass is 9.74. The fourth-order valence-corrected chi connectivity index (χ4v) is 4.60. The minimum absolute atomic E-state index is 0.0268. The van der Waals surface area contributed by atoms with Crippen molar-refractivity contribution in [2.45, 2.75) is 30.7 Å². The summed E-state index contributed by atoms with van der Waals surface area (Å²) in [5.41, 5.74) is 1.25. The van der Waals surface area contributed by atoms with Crippen LogP contribution in [0.1, 0.15) is 24.8 Å². The minimum Gasteiger partial charge on any atom is -0.497 e. The Labute approximate surface area is 189 Å². The highest BCUT2D eigenvalue weighted by Gasteiger charge is 2.35. The van der Waals surface area contributed by atoms with Gasteiger partial charge in [0.2, 0.25) is 0 Å². The third-order valence-corrected chi connectivity index (χ3v) is 6.54. The zero-order valence-corrected chi connectivity index (χ0v) is 18.8. The Kier molecular flexibility index (Phi) is 7.09. The topological polar surface area (TPSA) is 71.0 Å². The number of pyridine rings is 1. The molecule has 172 valence electrons. The Morgan fingerprint density at radius 1 is 1.28 bits per heavy atom. The maximum Gasteiger partial charge on any atom is 0.191 e. The van der Waals surface area contributed by atoms with E-state index in [4.69, 9.17) is 9.47 Å². The van der Waals surface area contributed by atoms with Crippen LogP contribution in [-0.2, 0) is 10.2 Å². The van der Waals surface area contributed by atoms with Crippen LogP contribution in [0.2, 0.25) is 0 Å². The first-order chi connectivity index (χ1) is 15.6. The summed E-state index contributed by atoms with van der Waals surface area (Å²) in [5.74, 6) is 1.76. The Morgan fingerprint density at radius 3 is 2.75 bits per heavy atom. The molecule has 1 aromatic carbocycles. The predicted molar refractivity (Wildman–Crippen MR) is 124 cm³/mol. The van der Waals surface area contributed by atoms with Gasteiger partial charge in [-0.05, 0) is 49.1 Å². The molecule has 2 aliphatic heterocycles. The van der Waals surface area contributed by atoms with Gasteiger partial charge in [0.25, 0.3) is 0 Å². The number of rotatable bonds is 6. The van der Waals surface area contributed by atoms with Crippen molar-refractivity contribution in [1.82, 2.24) is 15.6 Å². The zero-order chi connectivity index (χ0) is 22.4. The number of benzene rings is 1. The number of halogens is 1. The van der Waals surface area contributed by atoms with E-state index in [9.17, 15) is 4.39 Å². The van der Waals surface area contributed by atoms with Crippen LogP contribution in [0.4, 0.5) is 10.2 Å². The molecule has 0 amide bonds. The van der Waals surface area contributed by atoms with Crippen LogP contribution in [0.25, 0.3) is 0 Å². The highest BCUT2D eigenvalue weighted by Crippen LogP contribution is 2.35. The van der Waals surface area contributed by atoms with E-state index in [0.29, 0.717) is 12.4 Å². The molecule has 0 bridgehead atoms. The normalized spacial score (nSPS) is 20.8. The summed E-state index contributed by atoms with van der Waals surface area (Å²) < 4.78 is 25.1. The number of guanidine groups is 1. The van der Waals surface area contributed by atoms with Gasteiger partial charge in [0.1, 0.15) is 5.75 Å². The van der Waals surface area contributed by atoms with Gasteiger partial charge in [0.15, 0.2) is 17.6 Å². The molecule has 32 heavy (non-hydrogen) atoms. The summed E-state index contributed by atoms with van der Waals surface area (Å²) in [6.45, 7) is 3.69. The van der Waals surface area contributed by atoms with E-state index in [1.54, 1.807) is 26.4 Å². The van der Waals surface area contributed by atoms with Gasteiger partial charge in [0.05, 0.1) is 7.11 Å². The van der Waals surface area contributed by atoms with Crippen LogP contribution in [0.5, 0.6) is 5.75 Å². The molecule has 2 saturated heterocycles. The van der Waals surface area contributed by atoms with Crippen molar-refractivity contribution in [3.05, 3.63) is 54.0 Å². The highest BCUT2D eigenvalue weighted by atomic mass is 19.1. The van der Waals surface area contributed by atoms with Gasteiger partial charge in [-0.25, -0.2) is 9.37 Å². The first-order valence-corrected chi connectivity index (χ1v) is 11.2. The summed E-state index contributed by atoms with van der Waals surface area (Å²) in [7, 11) is 3.47. The van der Waals surface area contributed by atoms with Crippen LogP contribution in [0.15, 0.2) is 47.6 Å². The van der Waals surface area contributed by atoms with E-state index >= 15 is 0 Å². The van der Waals surface area contributed by atoms with Crippen molar-refractivity contribution >= 4 is 11.8 Å². The maximum atomic E-state index is 14.1. The summed E-state index contributed by atoms with van der Waals surface area (Å²) in [6.07, 6.45) is 4.42. The molecule has 8 heteroatoms. The Bertz CT molecular complexity index is 915. The highest BCUT2D eigenvalue weighted by molar-refractivity contribution is 5.80. The molecule has 1 unspecified atom stereocenters. The van der Waals surface area contributed by atoms with Crippen LogP contribution >= 0.6 is 0 Å². The molecule has 0 saturated carbocycles. The first kappa shape index (κ1) is 22.3. The lowest BCUT2D eigenvalue weighted by Crippen LogP contribution is -2.50. The van der Waals surface area contributed by atoms with Gasteiger partial charge in [-0.2, -0.15) is 0 Å². The molecule has 2 fully saturated rings. The predicted octanol–water partition coefficient (Wildman–Crippen LogP) is 2.72. The molecule has 7 nitrogen and oxygen atoms in total. The van der Waals surface area contributed by atoms with Crippen LogP contribution in [-0.4, -0.2) is 64.0 Å². The molecule has 0 spiro atoms. The van der Waals surface area contributed by atoms with E-state index in [-0.39, 0.29) is 17.3 Å². The maximum absolute atomic E-state index is 14.1. The van der Waals surface area contributed by atoms with Crippen molar-refractivity contribution in [3.8, 4) is 5.75 Å². The summed E-state index contributed by atoms with van der Waals surface area (Å²) in [4.78, 5) is 10.6. The standard InChI is InChI=1S/C24H32FN5O2/c1-26-23(29-19-9-13-30(16-19)22-21(25)4-3-12-27-22)28-17-24(10-14-32-15-11-24)18-5-7-20(31-2)8-6-18/h3-8,12,19H,9-11,13-17H2,1-2H3,(H2,26,28,29). The molecule has 2 N–H and O–H groups in total. The van der Waals surface area contributed by atoms with Crippen molar-refractivity contribution < 1.29 is 13.9 Å². The fraction of sp³-hybridized carbons (Fsp3) is 0.500. The lowest BCUT2D eigenvalue weighted by Gasteiger charge is -2.38. The molecule has 0 aliphatic carbocycles. The monoisotopic (exact) mass is 441 g/mol. The average Bonchev–Trinajstić information content (AvgIpc) is 3.31. The van der Waals surface area contributed by atoms with E-state index in [0.717, 1.165) is 57.3 Å². The number of hydrogen-bond acceptors (Lipinski definition) is 5. The Balaban J connectivity index is 1.39. The molecule has 1 atom stereocenters. The number of aliphatic imine (C=N–C) groups is 1. The molecular formula is C24H32FN5O2. The molecule has 3 heterocycles. The van der Waals surface area contributed by atoms with Gasteiger partial charge in [-0.15, -0.1) is 0 Å². The van der Waals surface area contributed by atoms with Gasteiger partial charge in [-0.1, -0.05) is 12.1 Å². The quantitative estimate of drug-likeness (QED) is 0.531. The van der Waals surface area contributed by atoms with Gasteiger partial charge < -0.3 is 25.0 Å².